The Labute approximate surface area is 63.9 Å². The SMILES string of the molecule is CC1=C(C(F)F)C(F)(F)C1(F)F. The number of allylic oxidation sites excluding steroid dienone is 2. The maximum Gasteiger partial charge on any atom is 0.341 e. The Morgan fingerprint density at radius 1 is 1.00 bits per heavy atom. The van der Waals surface area contributed by atoms with Crippen molar-refractivity contribution in [1.29, 1.82) is 0 Å². The van der Waals surface area contributed by atoms with Gasteiger partial charge in [0.15, 0.2) is 0 Å². The van der Waals surface area contributed by atoms with Crippen LogP contribution >= 0.6 is 0 Å². The molecule has 0 spiro atoms. The van der Waals surface area contributed by atoms with Crippen LogP contribution < -0.4 is 0 Å². The molecule has 0 saturated carbocycles. The topological polar surface area (TPSA) is 0 Å². The fourth-order valence-electron chi connectivity index (χ4n) is 1.05. The predicted octanol–water partition coefficient (Wildman–Crippen LogP) is 2.85. The summed E-state index contributed by atoms with van der Waals surface area (Å²) < 4.78 is 72.1. The van der Waals surface area contributed by atoms with Crippen molar-refractivity contribution in [3.05, 3.63) is 11.1 Å². The summed E-state index contributed by atoms with van der Waals surface area (Å²) in [6, 6.07) is 0. The molecule has 1 aliphatic rings. The van der Waals surface area contributed by atoms with E-state index in [-0.39, 0.29) is 0 Å². The second kappa shape index (κ2) is 2.17. The van der Waals surface area contributed by atoms with Gasteiger partial charge in [-0.1, -0.05) is 0 Å². The van der Waals surface area contributed by atoms with Crippen LogP contribution in [0.2, 0.25) is 0 Å². The highest BCUT2D eigenvalue weighted by molar-refractivity contribution is 5.43. The molecule has 0 N–H and O–H groups in total. The van der Waals surface area contributed by atoms with E-state index in [9.17, 15) is 26.3 Å². The minimum atomic E-state index is -4.68. The molecule has 0 nitrogen and oxygen atoms in total. The summed E-state index contributed by atoms with van der Waals surface area (Å²) in [6.07, 6.45) is -3.51. The Morgan fingerprint density at radius 3 is 1.58 bits per heavy atom. The molecule has 70 valence electrons. The molecule has 0 atom stereocenters. The van der Waals surface area contributed by atoms with Gasteiger partial charge in [-0.3, -0.25) is 0 Å². The Hall–Kier alpha value is -0.680. The second-order valence-corrected chi connectivity index (χ2v) is 2.49. The highest BCUT2D eigenvalue weighted by Gasteiger charge is 2.71. The molecule has 12 heavy (non-hydrogen) atoms. The van der Waals surface area contributed by atoms with E-state index in [1.807, 2.05) is 0 Å². The smallest absolute Gasteiger partial charge is 0.205 e. The lowest BCUT2D eigenvalue weighted by Gasteiger charge is -2.39. The van der Waals surface area contributed by atoms with E-state index in [0.717, 1.165) is 0 Å². The van der Waals surface area contributed by atoms with Gasteiger partial charge < -0.3 is 0 Å². The number of hydrogen-bond donors (Lipinski definition) is 0. The van der Waals surface area contributed by atoms with E-state index in [1.54, 1.807) is 0 Å². The number of rotatable bonds is 1. The summed E-state index contributed by atoms with van der Waals surface area (Å²) in [5, 5.41) is 0. The molecule has 1 aliphatic carbocycles. The summed E-state index contributed by atoms with van der Waals surface area (Å²) in [6.45, 7) is 0.582. The lowest BCUT2D eigenvalue weighted by atomic mass is 9.81. The van der Waals surface area contributed by atoms with Crippen LogP contribution in [0.5, 0.6) is 0 Å². The number of alkyl halides is 6. The minimum Gasteiger partial charge on any atom is -0.205 e. The fourth-order valence-corrected chi connectivity index (χ4v) is 1.05. The second-order valence-electron chi connectivity index (χ2n) is 2.49. The van der Waals surface area contributed by atoms with E-state index in [4.69, 9.17) is 0 Å². The van der Waals surface area contributed by atoms with Gasteiger partial charge >= 0.3 is 11.8 Å². The van der Waals surface area contributed by atoms with E-state index < -0.39 is 29.4 Å². The Balaban J connectivity index is 3.12. The normalized spacial score (nSPS) is 26.0. The van der Waals surface area contributed by atoms with E-state index in [0.29, 0.717) is 6.92 Å². The summed E-state index contributed by atoms with van der Waals surface area (Å²) in [7, 11) is 0. The van der Waals surface area contributed by atoms with Crippen LogP contribution in [0.3, 0.4) is 0 Å². The highest BCUT2D eigenvalue weighted by atomic mass is 19.3. The van der Waals surface area contributed by atoms with Crippen molar-refractivity contribution in [2.24, 2.45) is 0 Å². The van der Waals surface area contributed by atoms with Gasteiger partial charge in [-0.15, -0.1) is 0 Å². The average molecular weight is 190 g/mol. The van der Waals surface area contributed by atoms with Gasteiger partial charge in [-0.2, -0.15) is 17.6 Å². The molecule has 0 heterocycles. The van der Waals surface area contributed by atoms with Gasteiger partial charge in [0, 0.05) is 5.57 Å². The third-order valence-electron chi connectivity index (χ3n) is 1.83. The maximum absolute atomic E-state index is 12.2. The maximum atomic E-state index is 12.2. The zero-order valence-electron chi connectivity index (χ0n) is 5.85. The van der Waals surface area contributed by atoms with Gasteiger partial charge in [0.25, 0.3) is 6.43 Å². The average Bonchev–Trinajstić information content (AvgIpc) is 1.85. The van der Waals surface area contributed by atoms with Crippen molar-refractivity contribution in [1.82, 2.24) is 0 Å². The first-order valence-corrected chi connectivity index (χ1v) is 2.98. The molecule has 0 aromatic heterocycles. The summed E-state index contributed by atoms with van der Waals surface area (Å²) in [5.41, 5.74) is -2.96. The van der Waals surface area contributed by atoms with E-state index >= 15 is 0 Å². The van der Waals surface area contributed by atoms with Crippen LogP contribution in [-0.4, -0.2) is 18.3 Å². The van der Waals surface area contributed by atoms with Gasteiger partial charge in [0.1, 0.15) is 0 Å². The van der Waals surface area contributed by atoms with Crippen molar-refractivity contribution in [3.8, 4) is 0 Å². The molecule has 0 aromatic rings. The van der Waals surface area contributed by atoms with Crippen molar-refractivity contribution >= 4 is 0 Å². The van der Waals surface area contributed by atoms with Crippen LogP contribution in [-0.2, 0) is 0 Å². The van der Waals surface area contributed by atoms with Crippen LogP contribution in [0.25, 0.3) is 0 Å². The Morgan fingerprint density at radius 2 is 1.42 bits per heavy atom. The fraction of sp³-hybridized carbons (Fsp3) is 0.667. The van der Waals surface area contributed by atoms with Crippen LogP contribution in [0.15, 0.2) is 11.1 Å². The van der Waals surface area contributed by atoms with Crippen molar-refractivity contribution < 1.29 is 26.3 Å². The van der Waals surface area contributed by atoms with Gasteiger partial charge in [0.05, 0.1) is 5.57 Å². The molecule has 0 radical (unpaired) electrons. The molecule has 0 aromatic carbocycles. The van der Waals surface area contributed by atoms with Gasteiger partial charge in [-0.25, -0.2) is 8.78 Å². The zero-order chi connectivity index (χ0) is 9.73. The highest BCUT2D eigenvalue weighted by Crippen LogP contribution is 2.56. The van der Waals surface area contributed by atoms with Crippen molar-refractivity contribution in [2.75, 3.05) is 0 Å². The van der Waals surface area contributed by atoms with Crippen LogP contribution in [0.4, 0.5) is 26.3 Å². The Bertz CT molecular complexity index is 238. The largest absolute Gasteiger partial charge is 0.341 e. The first-order chi connectivity index (χ1) is 5.23. The molecule has 0 amide bonds. The number of halogens is 6. The number of hydrogen-bond acceptors (Lipinski definition) is 0. The zero-order valence-corrected chi connectivity index (χ0v) is 5.85. The van der Waals surface area contributed by atoms with Crippen LogP contribution in [0, 0.1) is 0 Å². The molecular weight excluding hydrogens is 186 g/mol. The van der Waals surface area contributed by atoms with E-state index in [2.05, 4.69) is 0 Å². The van der Waals surface area contributed by atoms with Crippen LogP contribution in [0.1, 0.15) is 6.92 Å². The van der Waals surface area contributed by atoms with E-state index in [1.165, 1.54) is 0 Å². The monoisotopic (exact) mass is 190 g/mol. The van der Waals surface area contributed by atoms with Crippen molar-refractivity contribution in [2.45, 2.75) is 25.2 Å². The Kier molecular flexibility index (Phi) is 1.70. The molecular formula is C6H4F6. The first kappa shape index (κ1) is 9.41. The lowest BCUT2D eigenvalue weighted by molar-refractivity contribution is -0.201. The molecule has 0 aliphatic heterocycles. The molecule has 6 heteroatoms. The molecule has 0 bridgehead atoms. The molecule has 1 rings (SSSR count). The minimum absolute atomic E-state index is 0.582. The summed E-state index contributed by atoms with van der Waals surface area (Å²) in [4.78, 5) is 0. The standard InChI is InChI=1S/C6H4F6/c1-2-3(4(7)8)6(11,12)5(2,9)10/h4H,1H3. The third kappa shape index (κ3) is 0.804. The third-order valence-corrected chi connectivity index (χ3v) is 1.83. The van der Waals surface area contributed by atoms with Gasteiger partial charge in [-0.05, 0) is 6.92 Å². The van der Waals surface area contributed by atoms with Gasteiger partial charge in [0.2, 0.25) is 0 Å². The summed E-state index contributed by atoms with van der Waals surface area (Å²) in [5.74, 6) is -9.08. The predicted molar refractivity (Wildman–Crippen MR) is 28.6 cm³/mol. The lowest BCUT2D eigenvalue weighted by Crippen LogP contribution is -2.54. The quantitative estimate of drug-likeness (QED) is 0.440. The van der Waals surface area contributed by atoms with Crippen molar-refractivity contribution in [3.63, 3.8) is 0 Å². The molecule has 0 saturated heterocycles. The summed E-state index contributed by atoms with van der Waals surface area (Å²) >= 11 is 0. The molecule has 0 fully saturated rings. The first-order valence-electron chi connectivity index (χ1n) is 2.98. The molecule has 0 unspecified atom stereocenters.